The topological polar surface area (TPSA) is 25.8 Å². The molecule has 2 aromatic heterocycles. The molecule has 0 N–H and O–H groups in total. The van der Waals surface area contributed by atoms with Crippen LogP contribution in [0.15, 0.2) is 46.6 Å². The number of aryl methyl sites for hydroxylation is 1. The summed E-state index contributed by atoms with van der Waals surface area (Å²) in [5, 5.41) is 2.41. The van der Waals surface area contributed by atoms with Gasteiger partial charge in [-0.2, -0.15) is 0 Å². The van der Waals surface area contributed by atoms with Crippen molar-refractivity contribution in [3.63, 3.8) is 0 Å². The van der Waals surface area contributed by atoms with Gasteiger partial charge in [0.15, 0.2) is 0 Å². The average Bonchev–Trinajstić information content (AvgIpc) is 2.86. The predicted molar refractivity (Wildman–Crippen MR) is 89.2 cm³/mol. The summed E-state index contributed by atoms with van der Waals surface area (Å²) in [4.78, 5) is 13.0. The fraction of sp³-hybridized carbons (Fsp3) is 0.294. The van der Waals surface area contributed by atoms with E-state index in [1.807, 2.05) is 17.4 Å². The first kappa shape index (κ1) is 13.3. The van der Waals surface area contributed by atoms with Crippen LogP contribution in [0.1, 0.15) is 23.8 Å². The number of rotatable bonds is 2. The Morgan fingerprint density at radius 2 is 2.05 bits per heavy atom. The normalized spacial score (nSPS) is 17.9. The summed E-state index contributed by atoms with van der Waals surface area (Å²) in [6.07, 6.45) is 5.36. The van der Waals surface area contributed by atoms with Crippen LogP contribution in [0.5, 0.6) is 0 Å². The smallest absolute Gasteiger partial charge is 0.128 e. The molecule has 0 fully saturated rings. The van der Waals surface area contributed by atoms with Gasteiger partial charge in [0.05, 0.1) is 0 Å². The molecule has 0 radical (unpaired) electrons. The molecule has 1 aliphatic rings. The maximum Gasteiger partial charge on any atom is 0.128 e. The molecule has 3 aromatic rings. The van der Waals surface area contributed by atoms with E-state index in [0.717, 1.165) is 15.8 Å². The van der Waals surface area contributed by atoms with E-state index in [1.165, 1.54) is 40.0 Å². The van der Waals surface area contributed by atoms with Crippen molar-refractivity contribution in [2.75, 3.05) is 0 Å². The van der Waals surface area contributed by atoms with Gasteiger partial charge in [0.1, 0.15) is 16.2 Å². The van der Waals surface area contributed by atoms with Crippen LogP contribution in [-0.4, -0.2) is 9.97 Å². The van der Waals surface area contributed by atoms with Gasteiger partial charge in [0.25, 0.3) is 0 Å². The summed E-state index contributed by atoms with van der Waals surface area (Å²) in [6, 6.07) is 10.5. The van der Waals surface area contributed by atoms with Crippen LogP contribution in [0.25, 0.3) is 10.2 Å². The molecule has 0 unspecified atom stereocenters. The first-order valence-electron chi connectivity index (χ1n) is 7.29. The van der Waals surface area contributed by atoms with Crippen molar-refractivity contribution in [2.45, 2.75) is 36.1 Å². The van der Waals surface area contributed by atoms with Crippen molar-refractivity contribution in [2.24, 2.45) is 5.92 Å². The maximum atomic E-state index is 4.56. The Labute approximate surface area is 132 Å². The van der Waals surface area contributed by atoms with E-state index in [-0.39, 0.29) is 0 Å². The zero-order valence-corrected chi connectivity index (χ0v) is 13.5. The Morgan fingerprint density at radius 1 is 1.19 bits per heavy atom. The molecule has 4 heteroatoms. The van der Waals surface area contributed by atoms with E-state index in [9.17, 15) is 0 Å². The molecule has 0 aliphatic heterocycles. The molecule has 2 nitrogen and oxygen atoms in total. The number of nitrogens with zero attached hydrogens (tertiary/aromatic N) is 2. The molecule has 0 saturated carbocycles. The molecule has 1 atom stereocenters. The van der Waals surface area contributed by atoms with Gasteiger partial charge in [-0.25, -0.2) is 9.97 Å². The molecule has 106 valence electrons. The van der Waals surface area contributed by atoms with Crippen molar-refractivity contribution in [3.05, 3.63) is 47.1 Å². The second-order valence-corrected chi connectivity index (χ2v) is 7.77. The van der Waals surface area contributed by atoms with Crippen LogP contribution in [0.4, 0.5) is 0 Å². The monoisotopic (exact) mass is 312 g/mol. The van der Waals surface area contributed by atoms with Crippen LogP contribution < -0.4 is 0 Å². The van der Waals surface area contributed by atoms with Gasteiger partial charge in [-0.1, -0.05) is 36.9 Å². The van der Waals surface area contributed by atoms with Crippen LogP contribution in [0, 0.1) is 5.92 Å². The molecule has 0 bridgehead atoms. The number of hydrogen-bond donors (Lipinski definition) is 0. The molecule has 0 amide bonds. The van der Waals surface area contributed by atoms with Crippen molar-refractivity contribution in [3.8, 4) is 0 Å². The molecular weight excluding hydrogens is 296 g/mol. The first-order valence-corrected chi connectivity index (χ1v) is 8.92. The van der Waals surface area contributed by atoms with Crippen molar-refractivity contribution in [1.82, 2.24) is 9.97 Å². The number of benzene rings is 1. The van der Waals surface area contributed by atoms with E-state index in [0.29, 0.717) is 0 Å². The second-order valence-electron chi connectivity index (χ2n) is 5.63. The third-order valence-corrected chi connectivity index (χ3v) is 6.19. The Kier molecular flexibility index (Phi) is 3.43. The zero-order valence-electron chi connectivity index (χ0n) is 11.9. The SMILES string of the molecule is C[C@@H]1CCc2c(sc3ncnc(Sc4ccccc4)c23)C1. The van der Waals surface area contributed by atoms with Crippen LogP contribution in [0.2, 0.25) is 0 Å². The zero-order chi connectivity index (χ0) is 14.2. The highest BCUT2D eigenvalue weighted by atomic mass is 32.2. The van der Waals surface area contributed by atoms with E-state index in [1.54, 1.807) is 18.1 Å². The van der Waals surface area contributed by atoms with E-state index in [2.05, 4.69) is 41.2 Å². The summed E-state index contributed by atoms with van der Waals surface area (Å²) in [5.74, 6) is 0.795. The largest absolute Gasteiger partial charge is 0.229 e. The summed E-state index contributed by atoms with van der Waals surface area (Å²) in [5.41, 5.74) is 1.51. The lowest BCUT2D eigenvalue weighted by atomic mass is 9.89. The van der Waals surface area contributed by atoms with Crippen molar-refractivity contribution < 1.29 is 0 Å². The Bertz CT molecular complexity index is 780. The minimum Gasteiger partial charge on any atom is -0.229 e. The highest BCUT2D eigenvalue weighted by Gasteiger charge is 2.23. The Hall–Kier alpha value is -1.39. The minimum absolute atomic E-state index is 0.795. The number of thiophene rings is 1. The molecule has 1 aromatic carbocycles. The summed E-state index contributed by atoms with van der Waals surface area (Å²) in [6.45, 7) is 2.35. The lowest BCUT2D eigenvalue weighted by Gasteiger charge is -2.18. The van der Waals surface area contributed by atoms with Gasteiger partial charge in [-0.3, -0.25) is 0 Å². The Balaban J connectivity index is 1.82. The Morgan fingerprint density at radius 3 is 2.90 bits per heavy atom. The van der Waals surface area contributed by atoms with Crippen molar-refractivity contribution in [1.29, 1.82) is 0 Å². The number of hydrogen-bond acceptors (Lipinski definition) is 4. The van der Waals surface area contributed by atoms with Gasteiger partial charge in [0.2, 0.25) is 0 Å². The lowest BCUT2D eigenvalue weighted by molar-refractivity contribution is 0.509. The average molecular weight is 312 g/mol. The van der Waals surface area contributed by atoms with Crippen LogP contribution >= 0.6 is 23.1 Å². The standard InChI is InChI=1S/C17H16N2S2/c1-11-7-8-13-14(9-11)21-17-15(13)16(18-10-19-17)20-12-5-3-2-4-6-12/h2-6,10-11H,7-9H2,1H3/t11-/m1/s1. The van der Waals surface area contributed by atoms with Gasteiger partial charge in [-0.05, 0) is 42.9 Å². The van der Waals surface area contributed by atoms with Crippen LogP contribution in [0.3, 0.4) is 0 Å². The molecule has 0 saturated heterocycles. The fourth-order valence-electron chi connectivity index (χ4n) is 2.92. The van der Waals surface area contributed by atoms with E-state index >= 15 is 0 Å². The third kappa shape index (κ3) is 2.47. The molecular formula is C17H16N2S2. The quantitative estimate of drug-likeness (QED) is 0.625. The first-order chi connectivity index (χ1) is 10.3. The highest BCUT2D eigenvalue weighted by molar-refractivity contribution is 7.99. The minimum atomic E-state index is 0.795. The van der Waals surface area contributed by atoms with E-state index < -0.39 is 0 Å². The number of fused-ring (bicyclic) bond motifs is 3. The number of aromatic nitrogens is 2. The molecule has 4 rings (SSSR count). The molecule has 1 aliphatic carbocycles. The van der Waals surface area contributed by atoms with Gasteiger partial charge >= 0.3 is 0 Å². The second kappa shape index (κ2) is 5.43. The van der Waals surface area contributed by atoms with Gasteiger partial charge < -0.3 is 0 Å². The fourth-order valence-corrected chi connectivity index (χ4v) is 5.28. The molecule has 2 heterocycles. The molecule has 0 spiro atoms. The highest BCUT2D eigenvalue weighted by Crippen LogP contribution is 2.41. The summed E-state index contributed by atoms with van der Waals surface area (Å²) in [7, 11) is 0. The summed E-state index contributed by atoms with van der Waals surface area (Å²) < 4.78 is 0. The maximum absolute atomic E-state index is 4.56. The van der Waals surface area contributed by atoms with Gasteiger partial charge in [0, 0.05) is 15.2 Å². The summed E-state index contributed by atoms with van der Waals surface area (Å²) >= 11 is 3.61. The van der Waals surface area contributed by atoms with E-state index in [4.69, 9.17) is 0 Å². The third-order valence-electron chi connectivity index (χ3n) is 4.01. The van der Waals surface area contributed by atoms with Crippen LogP contribution in [-0.2, 0) is 12.8 Å². The lowest BCUT2D eigenvalue weighted by Crippen LogP contribution is -2.08. The van der Waals surface area contributed by atoms with Crippen molar-refractivity contribution >= 4 is 33.3 Å². The predicted octanol–water partition coefficient (Wildman–Crippen LogP) is 4.97. The molecule has 21 heavy (non-hydrogen) atoms. The van der Waals surface area contributed by atoms with Gasteiger partial charge in [-0.15, -0.1) is 11.3 Å².